The molecule has 1 aliphatic heterocycles. The molecular weight excluding hydrogens is 434 g/mol. The topological polar surface area (TPSA) is 27.7 Å². The second-order valence-electron chi connectivity index (χ2n) is 10.5. The molecule has 1 aromatic rings. The average molecular weight is 477 g/mol. The van der Waals surface area contributed by atoms with Gasteiger partial charge in [0, 0.05) is 11.8 Å². The molecule has 2 aliphatic carbocycles. The van der Waals surface area contributed by atoms with Crippen LogP contribution in [0.5, 0.6) is 5.75 Å². The summed E-state index contributed by atoms with van der Waals surface area (Å²) in [5, 5.41) is 0. The maximum absolute atomic E-state index is 14.6. The molecule has 2 saturated carbocycles. The van der Waals surface area contributed by atoms with Crippen LogP contribution in [0.25, 0.3) is 0 Å². The third kappa shape index (κ3) is 6.20. The first kappa shape index (κ1) is 25.6. The molecule has 1 aromatic carbocycles. The van der Waals surface area contributed by atoms with Crippen LogP contribution in [-0.2, 0) is 9.47 Å². The van der Waals surface area contributed by atoms with Gasteiger partial charge in [-0.1, -0.05) is 31.1 Å². The van der Waals surface area contributed by atoms with E-state index >= 15 is 0 Å². The Balaban J connectivity index is 1.20. The van der Waals surface area contributed by atoms with E-state index in [4.69, 9.17) is 14.2 Å². The van der Waals surface area contributed by atoms with Crippen LogP contribution in [0.4, 0.5) is 8.78 Å². The fraction of sp³-hybridized carbons (Fsp3) is 0.724. The molecule has 0 aromatic heterocycles. The number of rotatable bonds is 8. The van der Waals surface area contributed by atoms with Crippen LogP contribution in [0.1, 0.15) is 89.5 Å². The van der Waals surface area contributed by atoms with Crippen molar-refractivity contribution in [1.82, 2.24) is 0 Å². The van der Waals surface area contributed by atoms with Gasteiger partial charge in [-0.05, 0) is 94.6 Å². The van der Waals surface area contributed by atoms with E-state index in [-0.39, 0.29) is 18.0 Å². The molecule has 5 heteroatoms. The van der Waals surface area contributed by atoms with Crippen LogP contribution in [-0.4, -0.2) is 26.1 Å². The standard InChI is InChI=1S/C29H42F2O3/c1-3-5-6-7-20-8-10-21(11-9-20)22-12-14-23(15-13-22)29-33-18-24(19-34-29)25-16-17-26(32-4-2)28(31)27(25)30/h3,5,16-17,20-24,29H,4,6-15,18-19H2,1-2H3. The Bertz CT molecular complexity index is 787. The van der Waals surface area contributed by atoms with Gasteiger partial charge in [0.25, 0.3) is 0 Å². The Kier molecular flexibility index (Phi) is 9.41. The van der Waals surface area contributed by atoms with Crippen molar-refractivity contribution >= 4 is 0 Å². The molecule has 190 valence electrons. The molecule has 1 saturated heterocycles. The molecule has 0 unspecified atom stereocenters. The van der Waals surface area contributed by atoms with E-state index < -0.39 is 11.6 Å². The number of benzene rings is 1. The quantitative estimate of drug-likeness (QED) is 0.358. The molecule has 0 N–H and O–H groups in total. The monoisotopic (exact) mass is 476 g/mol. The van der Waals surface area contributed by atoms with E-state index in [0.717, 1.165) is 30.6 Å². The molecule has 3 fully saturated rings. The fourth-order valence-corrected chi connectivity index (χ4v) is 6.43. The predicted octanol–water partition coefficient (Wildman–Crippen LogP) is 7.79. The van der Waals surface area contributed by atoms with Gasteiger partial charge in [-0.3, -0.25) is 0 Å². The van der Waals surface area contributed by atoms with Gasteiger partial charge < -0.3 is 14.2 Å². The zero-order valence-corrected chi connectivity index (χ0v) is 20.9. The van der Waals surface area contributed by atoms with Crippen molar-refractivity contribution < 1.29 is 23.0 Å². The Morgan fingerprint density at radius 2 is 1.50 bits per heavy atom. The number of halogens is 2. The van der Waals surface area contributed by atoms with Gasteiger partial charge in [-0.2, -0.15) is 4.39 Å². The van der Waals surface area contributed by atoms with Crippen molar-refractivity contribution in [1.29, 1.82) is 0 Å². The largest absolute Gasteiger partial charge is 0.491 e. The van der Waals surface area contributed by atoms with Crippen molar-refractivity contribution in [2.24, 2.45) is 23.7 Å². The third-order valence-corrected chi connectivity index (χ3v) is 8.48. The van der Waals surface area contributed by atoms with Gasteiger partial charge in [0.15, 0.2) is 17.9 Å². The van der Waals surface area contributed by atoms with Crippen molar-refractivity contribution in [3.8, 4) is 5.75 Å². The van der Waals surface area contributed by atoms with E-state index in [1.54, 1.807) is 13.0 Å². The summed E-state index contributed by atoms with van der Waals surface area (Å²) in [4.78, 5) is 0. The first-order valence-electron chi connectivity index (χ1n) is 13.6. The maximum atomic E-state index is 14.6. The Labute approximate surface area is 204 Å². The summed E-state index contributed by atoms with van der Waals surface area (Å²) in [5.41, 5.74) is 0.310. The lowest BCUT2D eigenvalue weighted by molar-refractivity contribution is -0.218. The maximum Gasteiger partial charge on any atom is 0.200 e. The first-order chi connectivity index (χ1) is 16.6. The van der Waals surface area contributed by atoms with Gasteiger partial charge >= 0.3 is 0 Å². The molecule has 0 spiro atoms. The van der Waals surface area contributed by atoms with E-state index in [2.05, 4.69) is 19.1 Å². The minimum atomic E-state index is -0.924. The Morgan fingerprint density at radius 3 is 2.12 bits per heavy atom. The van der Waals surface area contributed by atoms with Gasteiger partial charge in [-0.25, -0.2) is 4.39 Å². The highest BCUT2D eigenvalue weighted by Gasteiger charge is 2.36. The molecule has 4 rings (SSSR count). The lowest BCUT2D eigenvalue weighted by atomic mass is 9.68. The summed E-state index contributed by atoms with van der Waals surface area (Å²) in [5.74, 6) is 0.981. The van der Waals surface area contributed by atoms with Crippen LogP contribution < -0.4 is 4.74 Å². The fourth-order valence-electron chi connectivity index (χ4n) is 6.43. The second-order valence-corrected chi connectivity index (χ2v) is 10.5. The molecule has 0 amide bonds. The van der Waals surface area contributed by atoms with Crippen molar-refractivity contribution in [3.63, 3.8) is 0 Å². The van der Waals surface area contributed by atoms with Crippen molar-refractivity contribution in [2.75, 3.05) is 19.8 Å². The van der Waals surface area contributed by atoms with E-state index in [0.29, 0.717) is 31.3 Å². The van der Waals surface area contributed by atoms with Crippen LogP contribution in [0.2, 0.25) is 0 Å². The predicted molar refractivity (Wildman–Crippen MR) is 131 cm³/mol. The number of hydrogen-bond acceptors (Lipinski definition) is 3. The van der Waals surface area contributed by atoms with Crippen LogP contribution in [0, 0.1) is 35.3 Å². The zero-order chi connectivity index (χ0) is 23.9. The van der Waals surface area contributed by atoms with E-state index in [9.17, 15) is 8.78 Å². The van der Waals surface area contributed by atoms with Crippen LogP contribution >= 0.6 is 0 Å². The summed E-state index contributed by atoms with van der Waals surface area (Å²) < 4.78 is 46.1. The summed E-state index contributed by atoms with van der Waals surface area (Å²) in [7, 11) is 0. The minimum absolute atomic E-state index is 0.0434. The molecule has 34 heavy (non-hydrogen) atoms. The highest BCUT2D eigenvalue weighted by atomic mass is 19.2. The summed E-state index contributed by atoms with van der Waals surface area (Å²) in [6, 6.07) is 3.10. The Hall–Kier alpha value is -1.46. The Morgan fingerprint density at radius 1 is 0.882 bits per heavy atom. The molecular formula is C29H42F2O3. The number of ether oxygens (including phenoxy) is 3. The molecule has 0 radical (unpaired) electrons. The number of hydrogen-bond donors (Lipinski definition) is 0. The van der Waals surface area contributed by atoms with Crippen molar-refractivity contribution in [2.45, 2.75) is 90.3 Å². The first-order valence-corrected chi connectivity index (χ1v) is 13.6. The normalized spacial score (nSPS) is 32.7. The summed E-state index contributed by atoms with van der Waals surface area (Å²) in [6.07, 6.45) is 17.3. The van der Waals surface area contributed by atoms with E-state index in [1.807, 2.05) is 0 Å². The number of allylic oxidation sites excluding steroid dienone is 2. The van der Waals surface area contributed by atoms with Gasteiger partial charge in [0.1, 0.15) is 0 Å². The van der Waals surface area contributed by atoms with Crippen LogP contribution in [0.15, 0.2) is 24.3 Å². The summed E-state index contributed by atoms with van der Waals surface area (Å²) in [6.45, 7) is 4.89. The second kappa shape index (κ2) is 12.5. The highest BCUT2D eigenvalue weighted by molar-refractivity contribution is 5.33. The smallest absolute Gasteiger partial charge is 0.200 e. The van der Waals surface area contributed by atoms with Gasteiger partial charge in [-0.15, -0.1) is 0 Å². The average Bonchev–Trinajstić information content (AvgIpc) is 2.88. The zero-order valence-electron chi connectivity index (χ0n) is 20.9. The van der Waals surface area contributed by atoms with E-state index in [1.165, 1.54) is 57.4 Å². The van der Waals surface area contributed by atoms with Gasteiger partial charge in [0.2, 0.25) is 5.82 Å². The van der Waals surface area contributed by atoms with Crippen molar-refractivity contribution in [3.05, 3.63) is 41.5 Å². The van der Waals surface area contributed by atoms with Crippen LogP contribution in [0.3, 0.4) is 0 Å². The molecule has 1 heterocycles. The molecule has 0 atom stereocenters. The minimum Gasteiger partial charge on any atom is -0.491 e. The SMILES string of the molecule is CC=CCCC1CCC(C2CCC(C3OCC(c4ccc(OCC)c(F)c4F)CO3)CC2)CC1. The highest BCUT2D eigenvalue weighted by Crippen LogP contribution is 2.44. The lowest BCUT2D eigenvalue weighted by Crippen LogP contribution is -2.38. The molecule has 0 bridgehead atoms. The van der Waals surface area contributed by atoms with Gasteiger partial charge in [0.05, 0.1) is 19.8 Å². The lowest BCUT2D eigenvalue weighted by Gasteiger charge is -2.41. The third-order valence-electron chi connectivity index (χ3n) is 8.48. The molecule has 3 aliphatic rings. The molecule has 3 nitrogen and oxygen atoms in total. The summed E-state index contributed by atoms with van der Waals surface area (Å²) >= 11 is 0.